The maximum atomic E-state index is 15.0. The van der Waals surface area contributed by atoms with Gasteiger partial charge in [0.05, 0.1) is 10.9 Å². The summed E-state index contributed by atoms with van der Waals surface area (Å²) in [6.07, 6.45) is 2.08. The number of hydrogen-bond donors (Lipinski definition) is 2. The summed E-state index contributed by atoms with van der Waals surface area (Å²) in [6.45, 7) is 8.48. The first-order chi connectivity index (χ1) is 17.9. The van der Waals surface area contributed by atoms with Crippen LogP contribution in [-0.4, -0.2) is 52.1 Å². The first kappa shape index (κ1) is 23.6. The highest BCUT2D eigenvalue weighted by atomic mass is 19.1. The van der Waals surface area contributed by atoms with E-state index in [-0.39, 0.29) is 11.4 Å². The highest BCUT2D eigenvalue weighted by molar-refractivity contribution is 5.87. The second kappa shape index (κ2) is 9.27. The minimum Gasteiger partial charge on any atom is -0.383 e. The van der Waals surface area contributed by atoms with Crippen LogP contribution in [0.3, 0.4) is 0 Å². The molecule has 1 saturated carbocycles. The van der Waals surface area contributed by atoms with Gasteiger partial charge in [-0.25, -0.2) is 9.97 Å². The Morgan fingerprint density at radius 1 is 0.946 bits per heavy atom. The first-order valence-electron chi connectivity index (χ1n) is 13.0. The molecule has 4 aromatic rings. The third-order valence-electron chi connectivity index (χ3n) is 7.59. The fourth-order valence-electron chi connectivity index (χ4n) is 5.16. The van der Waals surface area contributed by atoms with Crippen LogP contribution in [0, 0.1) is 5.95 Å². The van der Waals surface area contributed by atoms with Crippen molar-refractivity contribution in [3.8, 4) is 22.3 Å². The summed E-state index contributed by atoms with van der Waals surface area (Å²) in [4.78, 5) is 29.0. The van der Waals surface area contributed by atoms with Gasteiger partial charge < -0.3 is 15.6 Å². The lowest BCUT2D eigenvalue weighted by molar-refractivity contribution is 0.209. The summed E-state index contributed by atoms with van der Waals surface area (Å²) >= 11 is 0. The minimum absolute atomic E-state index is 0.104. The van der Waals surface area contributed by atoms with Crippen LogP contribution in [0.25, 0.3) is 33.2 Å². The zero-order chi connectivity index (χ0) is 25.7. The molecule has 37 heavy (non-hydrogen) atoms. The van der Waals surface area contributed by atoms with Crippen LogP contribution in [0.2, 0.25) is 0 Å². The number of aromatic amines is 1. The Morgan fingerprint density at radius 3 is 2.32 bits per heavy atom. The molecule has 6 rings (SSSR count). The summed E-state index contributed by atoms with van der Waals surface area (Å²) in [5.41, 5.74) is 10.2. The predicted octanol–water partition coefficient (Wildman–Crippen LogP) is 4.78. The van der Waals surface area contributed by atoms with Crippen molar-refractivity contribution in [3.63, 3.8) is 0 Å². The molecule has 0 spiro atoms. The molecule has 0 radical (unpaired) electrons. The fraction of sp³-hybridized carbons (Fsp3) is 0.345. The Bertz CT molecular complexity index is 1520. The van der Waals surface area contributed by atoms with Crippen LogP contribution in [-0.2, 0) is 0 Å². The molecule has 0 bridgehead atoms. The molecule has 7 nitrogen and oxygen atoms in total. The highest BCUT2D eigenvalue weighted by Gasteiger charge is 2.26. The van der Waals surface area contributed by atoms with Crippen molar-refractivity contribution in [2.75, 3.05) is 36.8 Å². The number of benzene rings is 2. The van der Waals surface area contributed by atoms with E-state index in [1.807, 2.05) is 36.4 Å². The van der Waals surface area contributed by atoms with Crippen LogP contribution in [0.5, 0.6) is 0 Å². The number of fused-ring (bicyclic) bond motifs is 1. The van der Waals surface area contributed by atoms with Crippen LogP contribution >= 0.6 is 0 Å². The van der Waals surface area contributed by atoms with Crippen LogP contribution in [0.1, 0.15) is 38.4 Å². The summed E-state index contributed by atoms with van der Waals surface area (Å²) in [6, 6.07) is 15.6. The van der Waals surface area contributed by atoms with Crippen LogP contribution < -0.4 is 16.2 Å². The molecular weight excluding hydrogens is 467 g/mol. The van der Waals surface area contributed by atoms with Gasteiger partial charge >= 0.3 is 0 Å². The lowest BCUT2D eigenvalue weighted by atomic mass is 9.99. The number of rotatable bonds is 5. The molecule has 2 aliphatic rings. The van der Waals surface area contributed by atoms with Crippen molar-refractivity contribution in [2.24, 2.45) is 0 Å². The smallest absolute Gasteiger partial charge is 0.258 e. The number of piperazine rings is 1. The maximum Gasteiger partial charge on any atom is 0.258 e. The number of nitrogens with one attached hydrogen (secondary N) is 1. The number of nitrogens with zero attached hydrogens (tertiary/aromatic N) is 4. The number of aromatic nitrogens is 3. The molecule has 0 amide bonds. The topological polar surface area (TPSA) is 91.1 Å². The quantitative estimate of drug-likeness (QED) is 0.385. The summed E-state index contributed by atoms with van der Waals surface area (Å²) < 4.78 is 15.0. The van der Waals surface area contributed by atoms with E-state index in [0.29, 0.717) is 34.0 Å². The van der Waals surface area contributed by atoms with Crippen molar-refractivity contribution in [2.45, 2.75) is 38.6 Å². The monoisotopic (exact) mass is 498 g/mol. The number of nitrogens with two attached hydrogens (primary N) is 1. The molecule has 1 aliphatic carbocycles. The number of hydrogen-bond acceptors (Lipinski definition) is 6. The van der Waals surface area contributed by atoms with E-state index in [9.17, 15) is 9.18 Å². The van der Waals surface area contributed by atoms with Crippen LogP contribution in [0.15, 0.2) is 53.3 Å². The standard InChI is InChI=1S/C29H31FN6O/c1-17(2)35-11-13-36(14-12-35)21-8-5-18(6-9-21)23-16-24(27(31)33-26(23)30)20-7-10-22-25(15-20)32-28(19-3-4-19)34-29(22)37/h5-10,15-17,19H,3-4,11-14H2,1-2H3,(H2,31,33)(H,32,34,37). The molecule has 2 fully saturated rings. The number of pyridine rings is 1. The minimum atomic E-state index is -0.606. The Labute approximate surface area is 215 Å². The molecule has 3 heterocycles. The van der Waals surface area contributed by atoms with Crippen molar-refractivity contribution < 1.29 is 4.39 Å². The van der Waals surface area contributed by atoms with Crippen molar-refractivity contribution in [1.29, 1.82) is 0 Å². The summed E-state index contributed by atoms with van der Waals surface area (Å²) in [5.74, 6) is 0.552. The van der Waals surface area contributed by atoms with Gasteiger partial charge in [-0.1, -0.05) is 18.2 Å². The molecule has 0 unspecified atom stereocenters. The van der Waals surface area contributed by atoms with Gasteiger partial charge in [0.2, 0.25) is 5.95 Å². The van der Waals surface area contributed by atoms with Gasteiger partial charge in [0.25, 0.3) is 5.56 Å². The van der Waals surface area contributed by atoms with E-state index < -0.39 is 5.95 Å². The van der Waals surface area contributed by atoms with Crippen molar-refractivity contribution in [3.05, 3.63) is 70.7 Å². The zero-order valence-electron chi connectivity index (χ0n) is 21.2. The zero-order valence-corrected chi connectivity index (χ0v) is 21.2. The fourth-order valence-corrected chi connectivity index (χ4v) is 5.16. The van der Waals surface area contributed by atoms with E-state index >= 15 is 0 Å². The Hall–Kier alpha value is -3.78. The molecule has 8 heteroatoms. The average molecular weight is 499 g/mol. The third-order valence-corrected chi connectivity index (χ3v) is 7.59. The average Bonchev–Trinajstić information content (AvgIpc) is 3.74. The van der Waals surface area contributed by atoms with E-state index in [4.69, 9.17) is 5.73 Å². The number of H-pyrrole nitrogens is 1. The van der Waals surface area contributed by atoms with Gasteiger partial charge in [0.1, 0.15) is 11.6 Å². The maximum absolute atomic E-state index is 15.0. The SMILES string of the molecule is CC(C)N1CCN(c2ccc(-c3cc(-c4ccc5c(=O)[nH]c(C6CC6)nc5c4)c(N)nc3F)cc2)CC1. The molecule has 3 N–H and O–H groups in total. The van der Waals surface area contributed by atoms with E-state index in [1.165, 1.54) is 0 Å². The normalized spacial score (nSPS) is 16.6. The van der Waals surface area contributed by atoms with Gasteiger partial charge in [0.15, 0.2) is 0 Å². The molecule has 2 aromatic heterocycles. The third kappa shape index (κ3) is 4.57. The van der Waals surface area contributed by atoms with Crippen LogP contribution in [0.4, 0.5) is 15.9 Å². The Kier molecular flexibility index (Phi) is 5.91. The molecule has 190 valence electrons. The van der Waals surface area contributed by atoms with Gasteiger partial charge in [-0.3, -0.25) is 9.69 Å². The Balaban J connectivity index is 1.31. The number of nitrogen functional groups attached to an aromatic ring is 1. The van der Waals surface area contributed by atoms with Crippen molar-refractivity contribution in [1.82, 2.24) is 19.9 Å². The lowest BCUT2D eigenvalue weighted by Gasteiger charge is -2.38. The van der Waals surface area contributed by atoms with Gasteiger partial charge in [-0.15, -0.1) is 0 Å². The first-order valence-corrected chi connectivity index (χ1v) is 13.0. The van der Waals surface area contributed by atoms with E-state index in [1.54, 1.807) is 12.1 Å². The highest BCUT2D eigenvalue weighted by Crippen LogP contribution is 2.38. The molecule has 1 aliphatic heterocycles. The summed E-state index contributed by atoms with van der Waals surface area (Å²) in [5, 5.41) is 0.520. The van der Waals surface area contributed by atoms with E-state index in [0.717, 1.165) is 61.7 Å². The predicted molar refractivity (Wildman–Crippen MR) is 146 cm³/mol. The molecular formula is C29H31FN6O. The molecule has 2 aromatic carbocycles. The second-order valence-electron chi connectivity index (χ2n) is 10.4. The number of halogens is 1. The number of anilines is 2. The van der Waals surface area contributed by atoms with E-state index in [2.05, 4.69) is 38.6 Å². The van der Waals surface area contributed by atoms with Gasteiger partial charge in [0, 0.05) is 55.0 Å². The van der Waals surface area contributed by atoms with Gasteiger partial charge in [-0.2, -0.15) is 4.39 Å². The Morgan fingerprint density at radius 2 is 1.65 bits per heavy atom. The van der Waals surface area contributed by atoms with Crippen molar-refractivity contribution >= 4 is 22.4 Å². The molecule has 0 atom stereocenters. The van der Waals surface area contributed by atoms with Gasteiger partial charge in [-0.05, 0) is 68.1 Å². The largest absolute Gasteiger partial charge is 0.383 e. The summed E-state index contributed by atoms with van der Waals surface area (Å²) in [7, 11) is 0. The second-order valence-corrected chi connectivity index (χ2v) is 10.4. The molecule has 1 saturated heterocycles. The lowest BCUT2D eigenvalue weighted by Crippen LogP contribution is -2.48.